The molecule has 0 unspecified atom stereocenters. The lowest BCUT2D eigenvalue weighted by molar-refractivity contribution is -0.158. The van der Waals surface area contributed by atoms with Crippen molar-refractivity contribution in [3.05, 3.63) is 11.1 Å². The number of esters is 2. The molecule has 0 atom stereocenters. The molecule has 12 heavy (non-hydrogen) atoms. The monoisotopic (exact) mass is 166 g/mol. The molecule has 64 valence electrons. The van der Waals surface area contributed by atoms with Gasteiger partial charge in [-0.15, -0.1) is 0 Å². The summed E-state index contributed by atoms with van der Waals surface area (Å²) in [4.78, 5) is 21.9. The Morgan fingerprint density at radius 2 is 1.42 bits per heavy atom. The summed E-state index contributed by atoms with van der Waals surface area (Å²) >= 11 is 0. The van der Waals surface area contributed by atoms with Crippen molar-refractivity contribution in [2.45, 2.75) is 32.1 Å². The fourth-order valence-corrected chi connectivity index (χ4v) is 1.84. The Labute approximate surface area is 70.4 Å². The molecule has 0 aromatic heterocycles. The SMILES string of the molecule is O=C1CC2=C(CCC2)CC(=O)O1. The Morgan fingerprint density at radius 1 is 0.917 bits per heavy atom. The molecule has 3 heteroatoms. The summed E-state index contributed by atoms with van der Waals surface area (Å²) < 4.78 is 4.53. The third-order valence-corrected chi connectivity index (χ3v) is 2.40. The molecule has 0 amide bonds. The molecule has 0 saturated heterocycles. The number of carbonyl (C=O) groups is 2. The van der Waals surface area contributed by atoms with Gasteiger partial charge in [0.2, 0.25) is 0 Å². The topological polar surface area (TPSA) is 43.4 Å². The van der Waals surface area contributed by atoms with E-state index >= 15 is 0 Å². The van der Waals surface area contributed by atoms with Crippen LogP contribution in [0.1, 0.15) is 32.1 Å². The first-order chi connectivity index (χ1) is 5.75. The molecule has 0 saturated carbocycles. The number of cyclic esters (lactones) is 2. The number of hydrogen-bond acceptors (Lipinski definition) is 3. The Kier molecular flexibility index (Phi) is 1.71. The van der Waals surface area contributed by atoms with Crippen LogP contribution in [0.2, 0.25) is 0 Å². The highest BCUT2D eigenvalue weighted by Crippen LogP contribution is 2.32. The van der Waals surface area contributed by atoms with Gasteiger partial charge in [-0.05, 0) is 19.3 Å². The third-order valence-electron chi connectivity index (χ3n) is 2.40. The van der Waals surface area contributed by atoms with Gasteiger partial charge >= 0.3 is 11.9 Å². The average Bonchev–Trinajstić information content (AvgIpc) is 2.31. The zero-order chi connectivity index (χ0) is 8.55. The van der Waals surface area contributed by atoms with Crippen molar-refractivity contribution >= 4 is 11.9 Å². The highest BCUT2D eigenvalue weighted by molar-refractivity contribution is 5.89. The molecule has 0 fully saturated rings. The Bertz CT molecular complexity index is 249. The van der Waals surface area contributed by atoms with E-state index in [1.165, 1.54) is 0 Å². The van der Waals surface area contributed by atoms with Crippen LogP contribution in [0.15, 0.2) is 11.1 Å². The molecule has 0 bridgehead atoms. The van der Waals surface area contributed by atoms with Crippen LogP contribution in [0.5, 0.6) is 0 Å². The molecule has 3 nitrogen and oxygen atoms in total. The van der Waals surface area contributed by atoms with Gasteiger partial charge in [0.25, 0.3) is 0 Å². The third kappa shape index (κ3) is 1.26. The Morgan fingerprint density at radius 3 is 1.92 bits per heavy atom. The zero-order valence-corrected chi connectivity index (χ0v) is 6.76. The van der Waals surface area contributed by atoms with Gasteiger partial charge in [-0.1, -0.05) is 11.1 Å². The van der Waals surface area contributed by atoms with E-state index in [1.54, 1.807) is 0 Å². The van der Waals surface area contributed by atoms with E-state index in [0.29, 0.717) is 12.8 Å². The van der Waals surface area contributed by atoms with Crippen LogP contribution < -0.4 is 0 Å². The molecule has 0 spiro atoms. The van der Waals surface area contributed by atoms with Crippen molar-refractivity contribution in [1.82, 2.24) is 0 Å². The van der Waals surface area contributed by atoms with Crippen LogP contribution in [0.25, 0.3) is 0 Å². The molecule has 2 rings (SSSR count). The summed E-state index contributed by atoms with van der Waals surface area (Å²) in [5.41, 5.74) is 2.29. The second-order valence-corrected chi connectivity index (χ2v) is 3.26. The Balaban J connectivity index is 2.25. The van der Waals surface area contributed by atoms with E-state index in [1.807, 2.05) is 0 Å². The molecule has 0 aromatic carbocycles. The first kappa shape index (κ1) is 7.53. The fourth-order valence-electron chi connectivity index (χ4n) is 1.84. The van der Waals surface area contributed by atoms with Gasteiger partial charge in [-0.3, -0.25) is 9.59 Å². The lowest BCUT2D eigenvalue weighted by atomic mass is 10.1. The summed E-state index contributed by atoms with van der Waals surface area (Å²) in [5, 5.41) is 0. The molecular weight excluding hydrogens is 156 g/mol. The van der Waals surface area contributed by atoms with Gasteiger partial charge in [0, 0.05) is 0 Å². The van der Waals surface area contributed by atoms with Gasteiger partial charge < -0.3 is 4.74 Å². The van der Waals surface area contributed by atoms with Gasteiger partial charge in [0.1, 0.15) is 0 Å². The predicted molar refractivity (Wildman–Crippen MR) is 41.2 cm³/mol. The Hall–Kier alpha value is -1.12. The van der Waals surface area contributed by atoms with E-state index in [9.17, 15) is 9.59 Å². The molecular formula is C9H10O3. The second kappa shape index (κ2) is 2.73. The van der Waals surface area contributed by atoms with Gasteiger partial charge in [0.15, 0.2) is 0 Å². The number of carbonyl (C=O) groups excluding carboxylic acids is 2. The summed E-state index contributed by atoms with van der Waals surface area (Å²) in [7, 11) is 0. The quantitative estimate of drug-likeness (QED) is 0.310. The van der Waals surface area contributed by atoms with E-state index in [2.05, 4.69) is 4.74 Å². The summed E-state index contributed by atoms with van der Waals surface area (Å²) in [5.74, 6) is -0.765. The maximum atomic E-state index is 11.0. The molecule has 0 radical (unpaired) electrons. The minimum Gasteiger partial charge on any atom is -0.393 e. The molecule has 0 aromatic rings. The highest BCUT2D eigenvalue weighted by Gasteiger charge is 2.25. The summed E-state index contributed by atoms with van der Waals surface area (Å²) in [6.45, 7) is 0. The number of rotatable bonds is 0. The first-order valence-electron chi connectivity index (χ1n) is 4.19. The minimum absolute atomic E-state index is 0.334. The van der Waals surface area contributed by atoms with Crippen molar-refractivity contribution in [3.63, 3.8) is 0 Å². The first-order valence-corrected chi connectivity index (χ1v) is 4.19. The van der Waals surface area contributed by atoms with E-state index < -0.39 is 0 Å². The standard InChI is InChI=1S/C9H10O3/c10-8-4-6-2-1-3-7(6)5-9(11)12-8/h1-5H2. The largest absolute Gasteiger partial charge is 0.393 e. The molecule has 1 heterocycles. The van der Waals surface area contributed by atoms with Crippen LogP contribution in [0, 0.1) is 0 Å². The highest BCUT2D eigenvalue weighted by atomic mass is 16.6. The van der Waals surface area contributed by atoms with Crippen molar-refractivity contribution in [2.75, 3.05) is 0 Å². The molecule has 2 aliphatic rings. The van der Waals surface area contributed by atoms with Crippen molar-refractivity contribution in [1.29, 1.82) is 0 Å². The van der Waals surface area contributed by atoms with Crippen LogP contribution in [-0.4, -0.2) is 11.9 Å². The van der Waals surface area contributed by atoms with E-state index in [0.717, 1.165) is 30.4 Å². The number of ether oxygens (including phenoxy) is 1. The zero-order valence-electron chi connectivity index (χ0n) is 6.76. The average molecular weight is 166 g/mol. The molecule has 0 N–H and O–H groups in total. The predicted octanol–water partition coefficient (Wildman–Crippen LogP) is 1.33. The van der Waals surface area contributed by atoms with E-state index in [-0.39, 0.29) is 11.9 Å². The second-order valence-electron chi connectivity index (χ2n) is 3.26. The molecule has 1 aliphatic heterocycles. The minimum atomic E-state index is -0.383. The fraction of sp³-hybridized carbons (Fsp3) is 0.556. The van der Waals surface area contributed by atoms with Crippen molar-refractivity contribution < 1.29 is 14.3 Å². The lowest BCUT2D eigenvalue weighted by Gasteiger charge is -1.97. The number of hydrogen-bond donors (Lipinski definition) is 0. The van der Waals surface area contributed by atoms with Crippen LogP contribution >= 0.6 is 0 Å². The lowest BCUT2D eigenvalue weighted by Crippen LogP contribution is -2.09. The van der Waals surface area contributed by atoms with Gasteiger partial charge in [-0.25, -0.2) is 0 Å². The van der Waals surface area contributed by atoms with Gasteiger partial charge in [0.05, 0.1) is 12.8 Å². The van der Waals surface area contributed by atoms with Crippen LogP contribution in [0.4, 0.5) is 0 Å². The smallest absolute Gasteiger partial charge is 0.317 e. The maximum Gasteiger partial charge on any atom is 0.317 e. The summed E-state index contributed by atoms with van der Waals surface area (Å²) in [6, 6.07) is 0. The van der Waals surface area contributed by atoms with E-state index in [4.69, 9.17) is 0 Å². The van der Waals surface area contributed by atoms with Gasteiger partial charge in [-0.2, -0.15) is 0 Å². The van der Waals surface area contributed by atoms with Crippen molar-refractivity contribution in [3.8, 4) is 0 Å². The van der Waals surface area contributed by atoms with Crippen LogP contribution in [-0.2, 0) is 14.3 Å². The maximum absolute atomic E-state index is 11.0. The summed E-state index contributed by atoms with van der Waals surface area (Å²) in [6.07, 6.45) is 3.70. The van der Waals surface area contributed by atoms with Crippen LogP contribution in [0.3, 0.4) is 0 Å². The normalized spacial score (nSPS) is 23.7. The molecule has 1 aliphatic carbocycles. The van der Waals surface area contributed by atoms with Crippen molar-refractivity contribution in [2.24, 2.45) is 0 Å².